The van der Waals surface area contributed by atoms with E-state index in [2.05, 4.69) is 35.9 Å². The van der Waals surface area contributed by atoms with Crippen LogP contribution in [0.25, 0.3) is 0 Å². The number of aryl methyl sites for hydroxylation is 2. The minimum atomic E-state index is -0.735. The zero-order valence-electron chi connectivity index (χ0n) is 24.7. The topological polar surface area (TPSA) is 135 Å². The van der Waals surface area contributed by atoms with E-state index in [1.807, 2.05) is 66.7 Å². The van der Waals surface area contributed by atoms with Gasteiger partial charge in [-0.2, -0.15) is 5.10 Å². The number of anilines is 2. The molecule has 2 aromatic carbocycles. The second-order valence-electron chi connectivity index (χ2n) is 10.6. The lowest BCUT2D eigenvalue weighted by atomic mass is 10.1. The van der Waals surface area contributed by atoms with Crippen LogP contribution in [0.15, 0.2) is 66.7 Å². The highest BCUT2D eigenvalue weighted by atomic mass is 32.1. The van der Waals surface area contributed by atoms with Gasteiger partial charge in [-0.05, 0) is 54.7 Å². The third kappa shape index (κ3) is 10.6. The number of hydrogen-bond donors (Lipinski definition) is 3. The molecule has 3 N–H and O–H groups in total. The van der Waals surface area contributed by atoms with E-state index in [1.165, 1.54) is 11.3 Å². The summed E-state index contributed by atoms with van der Waals surface area (Å²) in [6, 6.07) is 21.2. The highest BCUT2D eigenvalue weighted by molar-refractivity contribution is 7.15. The number of aliphatic hydroxyl groups excluding tert-OH is 1. The van der Waals surface area contributed by atoms with Crippen LogP contribution in [0.2, 0.25) is 0 Å². The molecule has 11 nitrogen and oxygen atoms in total. The van der Waals surface area contributed by atoms with Gasteiger partial charge in [-0.3, -0.25) is 9.69 Å². The average molecular weight is 618 g/mol. The van der Waals surface area contributed by atoms with Crippen molar-refractivity contribution in [2.45, 2.75) is 44.8 Å². The van der Waals surface area contributed by atoms with Crippen LogP contribution >= 0.6 is 11.3 Å². The number of aliphatic hydroxyl groups is 1. The molecular formula is C32H39N7O4S. The van der Waals surface area contributed by atoms with Gasteiger partial charge < -0.3 is 25.2 Å². The Kier molecular flexibility index (Phi) is 12.0. The van der Waals surface area contributed by atoms with Gasteiger partial charge in [-0.25, -0.2) is 0 Å². The van der Waals surface area contributed by atoms with Crippen LogP contribution in [0.1, 0.15) is 34.7 Å². The first-order valence-corrected chi connectivity index (χ1v) is 15.9. The lowest BCUT2D eigenvalue weighted by Crippen LogP contribution is -2.38. The number of ether oxygens (including phenoxy) is 2. The van der Waals surface area contributed by atoms with Crippen molar-refractivity contribution in [3.8, 4) is 5.75 Å². The Morgan fingerprint density at radius 3 is 2.59 bits per heavy atom. The van der Waals surface area contributed by atoms with Gasteiger partial charge in [-0.15, -0.1) is 15.3 Å². The van der Waals surface area contributed by atoms with Crippen molar-refractivity contribution in [1.29, 1.82) is 0 Å². The molecule has 1 aliphatic heterocycles. The van der Waals surface area contributed by atoms with Crippen LogP contribution in [-0.2, 0) is 35.2 Å². The maximum absolute atomic E-state index is 12.6. The van der Waals surface area contributed by atoms with Crippen LogP contribution in [0, 0.1) is 0 Å². The molecule has 0 aliphatic carbocycles. The number of benzene rings is 2. The van der Waals surface area contributed by atoms with E-state index < -0.39 is 6.23 Å². The van der Waals surface area contributed by atoms with Gasteiger partial charge in [0.2, 0.25) is 11.0 Å². The first kappa shape index (κ1) is 31.5. The number of amides is 1. The molecule has 1 saturated heterocycles. The number of hydrogen-bond acceptors (Lipinski definition) is 11. The predicted molar refractivity (Wildman–Crippen MR) is 170 cm³/mol. The number of carbonyl (C=O) groups excluding carboxylic acids is 1. The molecule has 0 saturated carbocycles. The molecule has 3 heterocycles. The standard InChI is InChI=1S/C32H39N7O4S/c40-29(22-24-7-2-1-3-8-24)33-28-14-13-26(35-36-28)10-4-5-12-31-37-38-32(44-31)34-30(41)23-25-9-6-11-27(21-25)43-20-17-39-15-18-42-19-16-39/h1-3,6-9,11,13-14,21,29,40H,4-5,10,12,15-20,22-23H2,(H,33,36)(H,34,38,41). The zero-order valence-corrected chi connectivity index (χ0v) is 25.5. The Morgan fingerprint density at radius 2 is 1.77 bits per heavy atom. The van der Waals surface area contributed by atoms with Gasteiger partial charge >= 0.3 is 0 Å². The molecule has 0 radical (unpaired) electrons. The summed E-state index contributed by atoms with van der Waals surface area (Å²) >= 11 is 1.40. The van der Waals surface area contributed by atoms with E-state index in [0.717, 1.165) is 86.1 Å². The lowest BCUT2D eigenvalue weighted by molar-refractivity contribution is -0.115. The predicted octanol–water partition coefficient (Wildman–Crippen LogP) is 3.76. The van der Waals surface area contributed by atoms with E-state index >= 15 is 0 Å². The molecule has 4 aromatic rings. The fourth-order valence-electron chi connectivity index (χ4n) is 4.83. The Labute approximate surface area is 261 Å². The maximum atomic E-state index is 12.6. The van der Waals surface area contributed by atoms with Gasteiger partial charge in [0.1, 0.15) is 23.6 Å². The molecule has 0 bridgehead atoms. The molecular weight excluding hydrogens is 578 g/mol. The Hall–Kier alpha value is -3.97. The molecule has 1 aliphatic rings. The molecule has 1 fully saturated rings. The fourth-order valence-corrected chi connectivity index (χ4v) is 5.63. The van der Waals surface area contributed by atoms with Crippen molar-refractivity contribution in [3.63, 3.8) is 0 Å². The molecule has 44 heavy (non-hydrogen) atoms. The quantitative estimate of drug-likeness (QED) is 0.126. The molecule has 1 amide bonds. The highest BCUT2D eigenvalue weighted by Gasteiger charge is 2.12. The molecule has 1 atom stereocenters. The number of nitrogens with one attached hydrogen (secondary N) is 2. The molecule has 0 spiro atoms. The van der Waals surface area contributed by atoms with Crippen molar-refractivity contribution in [2.75, 3.05) is 50.1 Å². The van der Waals surface area contributed by atoms with Gasteiger partial charge in [-0.1, -0.05) is 53.8 Å². The van der Waals surface area contributed by atoms with E-state index in [0.29, 0.717) is 24.0 Å². The van der Waals surface area contributed by atoms with Crippen LogP contribution in [0.5, 0.6) is 5.75 Å². The van der Waals surface area contributed by atoms with E-state index in [9.17, 15) is 9.90 Å². The normalized spacial score (nSPS) is 14.2. The van der Waals surface area contributed by atoms with Crippen molar-refractivity contribution < 1.29 is 19.4 Å². The summed E-state index contributed by atoms with van der Waals surface area (Å²) in [5, 5.41) is 34.4. The second-order valence-corrected chi connectivity index (χ2v) is 11.7. The lowest BCUT2D eigenvalue weighted by Gasteiger charge is -2.26. The van der Waals surface area contributed by atoms with Crippen molar-refractivity contribution in [1.82, 2.24) is 25.3 Å². The Morgan fingerprint density at radius 1 is 0.955 bits per heavy atom. The third-order valence-corrected chi connectivity index (χ3v) is 8.03. The third-order valence-electron chi connectivity index (χ3n) is 7.14. The van der Waals surface area contributed by atoms with Crippen molar-refractivity contribution in [3.05, 3.63) is 88.6 Å². The van der Waals surface area contributed by atoms with Crippen LogP contribution in [0.3, 0.4) is 0 Å². The molecule has 1 unspecified atom stereocenters. The Bertz CT molecular complexity index is 1430. The molecule has 12 heteroatoms. The van der Waals surface area contributed by atoms with Crippen LogP contribution in [-0.4, -0.2) is 82.0 Å². The van der Waals surface area contributed by atoms with Gasteiger partial charge in [0, 0.05) is 32.5 Å². The average Bonchev–Trinajstić information content (AvgIpc) is 3.48. The number of carbonyl (C=O) groups is 1. The fraction of sp³-hybridized carbons (Fsp3) is 0.406. The van der Waals surface area contributed by atoms with Crippen LogP contribution in [0.4, 0.5) is 10.9 Å². The minimum absolute atomic E-state index is 0.137. The van der Waals surface area contributed by atoms with Crippen molar-refractivity contribution in [2.24, 2.45) is 0 Å². The van der Waals surface area contributed by atoms with Crippen molar-refractivity contribution >= 4 is 28.2 Å². The smallest absolute Gasteiger partial charge is 0.230 e. The first-order valence-electron chi connectivity index (χ1n) is 15.0. The Balaban J connectivity index is 0.972. The summed E-state index contributed by atoms with van der Waals surface area (Å²) < 4.78 is 11.3. The second kappa shape index (κ2) is 16.8. The first-order chi connectivity index (χ1) is 21.6. The summed E-state index contributed by atoms with van der Waals surface area (Å²) in [6.45, 7) is 4.86. The van der Waals surface area contributed by atoms with Gasteiger partial charge in [0.15, 0.2) is 5.82 Å². The number of rotatable bonds is 16. The van der Waals surface area contributed by atoms with E-state index in [4.69, 9.17) is 9.47 Å². The summed E-state index contributed by atoms with van der Waals surface area (Å²) in [7, 11) is 0. The molecule has 2 aromatic heterocycles. The minimum Gasteiger partial charge on any atom is -0.492 e. The van der Waals surface area contributed by atoms with E-state index in [-0.39, 0.29) is 12.3 Å². The summed E-state index contributed by atoms with van der Waals surface area (Å²) in [5.74, 6) is 1.17. The summed E-state index contributed by atoms with van der Waals surface area (Å²) in [5.41, 5.74) is 2.82. The monoisotopic (exact) mass is 617 g/mol. The van der Waals surface area contributed by atoms with Gasteiger partial charge in [0.05, 0.1) is 25.3 Å². The largest absolute Gasteiger partial charge is 0.492 e. The summed E-state index contributed by atoms with van der Waals surface area (Å²) in [6.07, 6.45) is 3.38. The van der Waals surface area contributed by atoms with Gasteiger partial charge in [0.25, 0.3) is 0 Å². The zero-order chi connectivity index (χ0) is 30.4. The number of nitrogens with zero attached hydrogens (tertiary/aromatic N) is 5. The maximum Gasteiger partial charge on any atom is 0.230 e. The molecule has 5 rings (SSSR count). The summed E-state index contributed by atoms with van der Waals surface area (Å²) in [4.78, 5) is 15.0. The number of unbranched alkanes of at least 4 members (excludes halogenated alkanes) is 1. The highest BCUT2D eigenvalue weighted by Crippen LogP contribution is 2.19. The molecule has 232 valence electrons. The van der Waals surface area contributed by atoms with Crippen LogP contribution < -0.4 is 15.4 Å². The number of morpholine rings is 1. The number of aromatic nitrogens is 4. The SMILES string of the molecule is O=C(Cc1cccc(OCCN2CCOCC2)c1)Nc1nnc(CCCCc2ccc(NC(O)Cc3ccccc3)nn2)s1. The van der Waals surface area contributed by atoms with E-state index in [1.54, 1.807) is 0 Å².